The number of likely N-dealkylation sites (tertiary alicyclic amines) is 1. The van der Waals surface area contributed by atoms with E-state index in [1.54, 1.807) is 6.20 Å². The first-order chi connectivity index (χ1) is 7.57. The van der Waals surface area contributed by atoms with Crippen LogP contribution in [0.4, 0.5) is 5.82 Å². The van der Waals surface area contributed by atoms with Gasteiger partial charge in [0, 0.05) is 24.8 Å². The highest BCUT2D eigenvalue weighted by Gasteiger charge is 2.26. The van der Waals surface area contributed by atoms with Crippen molar-refractivity contribution in [2.24, 2.45) is 5.41 Å². The summed E-state index contributed by atoms with van der Waals surface area (Å²) in [6.07, 6.45) is 4.36. The van der Waals surface area contributed by atoms with E-state index in [-0.39, 0.29) is 0 Å². The standard InChI is InChI=1S/C13H21N3/c1-13(2)6-4-8-16(10-13)9-11-5-3-7-15-12(11)14/h3,5,7H,4,6,8-10H2,1-2H3,(H2,14,15). The third-order valence-electron chi connectivity index (χ3n) is 3.30. The lowest BCUT2D eigenvalue weighted by Gasteiger charge is -2.38. The molecule has 1 aliphatic heterocycles. The molecule has 0 atom stereocenters. The van der Waals surface area contributed by atoms with Crippen LogP contribution in [-0.4, -0.2) is 23.0 Å². The molecule has 0 aliphatic carbocycles. The van der Waals surface area contributed by atoms with Gasteiger partial charge in [-0.1, -0.05) is 19.9 Å². The highest BCUT2D eigenvalue weighted by atomic mass is 15.1. The average Bonchev–Trinajstić information content (AvgIpc) is 2.20. The molecule has 2 rings (SSSR count). The Morgan fingerprint density at radius 2 is 2.31 bits per heavy atom. The predicted octanol–water partition coefficient (Wildman–Crippen LogP) is 2.29. The zero-order valence-electron chi connectivity index (χ0n) is 10.2. The minimum Gasteiger partial charge on any atom is -0.383 e. The molecule has 0 amide bonds. The highest BCUT2D eigenvalue weighted by molar-refractivity contribution is 5.38. The smallest absolute Gasteiger partial charge is 0.127 e. The van der Waals surface area contributed by atoms with Crippen LogP contribution < -0.4 is 5.73 Å². The van der Waals surface area contributed by atoms with Gasteiger partial charge in [-0.2, -0.15) is 0 Å². The van der Waals surface area contributed by atoms with E-state index >= 15 is 0 Å². The van der Waals surface area contributed by atoms with Crippen LogP contribution in [0.2, 0.25) is 0 Å². The van der Waals surface area contributed by atoms with Crippen LogP contribution >= 0.6 is 0 Å². The van der Waals surface area contributed by atoms with Crippen molar-refractivity contribution in [3.05, 3.63) is 23.9 Å². The first-order valence-corrected chi connectivity index (χ1v) is 5.99. The van der Waals surface area contributed by atoms with Crippen LogP contribution in [0.5, 0.6) is 0 Å². The van der Waals surface area contributed by atoms with Crippen LogP contribution in [0.1, 0.15) is 32.3 Å². The van der Waals surface area contributed by atoms with E-state index in [4.69, 9.17) is 5.73 Å². The van der Waals surface area contributed by atoms with Gasteiger partial charge in [-0.25, -0.2) is 4.98 Å². The number of hydrogen-bond acceptors (Lipinski definition) is 3. The van der Waals surface area contributed by atoms with Gasteiger partial charge in [0.05, 0.1) is 0 Å². The molecule has 16 heavy (non-hydrogen) atoms. The van der Waals surface area contributed by atoms with Crippen molar-refractivity contribution in [3.8, 4) is 0 Å². The van der Waals surface area contributed by atoms with Crippen molar-refractivity contribution in [1.82, 2.24) is 9.88 Å². The molecule has 0 saturated carbocycles. The van der Waals surface area contributed by atoms with Gasteiger partial charge >= 0.3 is 0 Å². The Labute approximate surface area is 97.7 Å². The van der Waals surface area contributed by atoms with Gasteiger partial charge in [0.15, 0.2) is 0 Å². The zero-order valence-corrected chi connectivity index (χ0v) is 10.2. The molecule has 0 unspecified atom stereocenters. The summed E-state index contributed by atoms with van der Waals surface area (Å²) in [5, 5.41) is 0. The largest absolute Gasteiger partial charge is 0.383 e. The Balaban J connectivity index is 2.02. The fourth-order valence-electron chi connectivity index (χ4n) is 2.51. The second kappa shape index (κ2) is 4.42. The molecule has 1 aromatic rings. The van der Waals surface area contributed by atoms with Crippen molar-refractivity contribution in [2.75, 3.05) is 18.8 Å². The van der Waals surface area contributed by atoms with Gasteiger partial charge in [-0.05, 0) is 30.9 Å². The number of piperidine rings is 1. The second-order valence-corrected chi connectivity index (χ2v) is 5.53. The summed E-state index contributed by atoms with van der Waals surface area (Å²) in [5.74, 6) is 0.672. The molecule has 0 spiro atoms. The number of hydrogen-bond donors (Lipinski definition) is 1. The quantitative estimate of drug-likeness (QED) is 0.829. The Hall–Kier alpha value is -1.09. The maximum absolute atomic E-state index is 5.87. The lowest BCUT2D eigenvalue weighted by Crippen LogP contribution is -2.39. The number of rotatable bonds is 2. The van der Waals surface area contributed by atoms with E-state index in [2.05, 4.69) is 29.8 Å². The monoisotopic (exact) mass is 219 g/mol. The topological polar surface area (TPSA) is 42.2 Å². The lowest BCUT2D eigenvalue weighted by molar-refractivity contribution is 0.112. The molecule has 1 aliphatic rings. The lowest BCUT2D eigenvalue weighted by atomic mass is 9.84. The van der Waals surface area contributed by atoms with E-state index in [0.29, 0.717) is 11.2 Å². The van der Waals surface area contributed by atoms with Crippen molar-refractivity contribution in [1.29, 1.82) is 0 Å². The van der Waals surface area contributed by atoms with Gasteiger partial charge in [0.25, 0.3) is 0 Å². The summed E-state index contributed by atoms with van der Waals surface area (Å²) < 4.78 is 0. The fraction of sp³-hybridized carbons (Fsp3) is 0.615. The van der Waals surface area contributed by atoms with Crippen LogP contribution in [0.3, 0.4) is 0 Å². The first kappa shape index (κ1) is 11.4. The summed E-state index contributed by atoms with van der Waals surface area (Å²) in [7, 11) is 0. The molecular formula is C13H21N3. The van der Waals surface area contributed by atoms with E-state index in [1.165, 1.54) is 19.4 Å². The minimum atomic E-state index is 0.440. The Bertz CT molecular complexity index is 360. The molecule has 1 saturated heterocycles. The molecule has 1 fully saturated rings. The zero-order chi connectivity index (χ0) is 11.6. The first-order valence-electron chi connectivity index (χ1n) is 5.99. The Morgan fingerprint density at radius 1 is 1.50 bits per heavy atom. The maximum atomic E-state index is 5.87. The summed E-state index contributed by atoms with van der Waals surface area (Å²) >= 11 is 0. The number of aromatic nitrogens is 1. The minimum absolute atomic E-state index is 0.440. The molecule has 88 valence electrons. The molecule has 2 heterocycles. The number of nitrogens with zero attached hydrogens (tertiary/aromatic N) is 2. The molecule has 0 bridgehead atoms. The van der Waals surface area contributed by atoms with Crippen molar-refractivity contribution in [2.45, 2.75) is 33.2 Å². The van der Waals surface area contributed by atoms with Gasteiger partial charge in [0.2, 0.25) is 0 Å². The third-order valence-corrected chi connectivity index (χ3v) is 3.30. The summed E-state index contributed by atoms with van der Waals surface area (Å²) in [6, 6.07) is 4.03. The number of nitrogen functional groups attached to an aromatic ring is 1. The van der Waals surface area contributed by atoms with E-state index in [0.717, 1.165) is 18.7 Å². The second-order valence-electron chi connectivity index (χ2n) is 5.53. The number of anilines is 1. The Kier molecular flexibility index (Phi) is 3.15. The van der Waals surface area contributed by atoms with Gasteiger partial charge in [0.1, 0.15) is 5.82 Å². The van der Waals surface area contributed by atoms with Crippen molar-refractivity contribution >= 4 is 5.82 Å². The molecule has 3 heteroatoms. The predicted molar refractivity (Wildman–Crippen MR) is 66.9 cm³/mol. The molecule has 1 aromatic heterocycles. The van der Waals surface area contributed by atoms with Crippen LogP contribution in [0, 0.1) is 5.41 Å². The maximum Gasteiger partial charge on any atom is 0.127 e. The molecule has 3 nitrogen and oxygen atoms in total. The number of pyridine rings is 1. The SMILES string of the molecule is CC1(C)CCCN(Cc2cccnc2N)C1. The molecular weight excluding hydrogens is 198 g/mol. The van der Waals surface area contributed by atoms with Crippen molar-refractivity contribution < 1.29 is 0 Å². The van der Waals surface area contributed by atoms with E-state index in [1.807, 2.05) is 6.07 Å². The van der Waals surface area contributed by atoms with E-state index < -0.39 is 0 Å². The van der Waals surface area contributed by atoms with Gasteiger partial charge in [-0.3, -0.25) is 4.90 Å². The third kappa shape index (κ3) is 2.73. The van der Waals surface area contributed by atoms with Crippen LogP contribution in [0.25, 0.3) is 0 Å². The summed E-state index contributed by atoms with van der Waals surface area (Å²) in [6.45, 7) is 7.94. The van der Waals surface area contributed by atoms with Crippen molar-refractivity contribution in [3.63, 3.8) is 0 Å². The van der Waals surface area contributed by atoms with Crippen LogP contribution in [0.15, 0.2) is 18.3 Å². The molecule has 0 radical (unpaired) electrons. The van der Waals surface area contributed by atoms with Crippen LogP contribution in [-0.2, 0) is 6.54 Å². The fourth-order valence-corrected chi connectivity index (χ4v) is 2.51. The highest BCUT2D eigenvalue weighted by Crippen LogP contribution is 2.29. The Morgan fingerprint density at radius 3 is 3.00 bits per heavy atom. The molecule has 2 N–H and O–H groups in total. The average molecular weight is 219 g/mol. The normalized spacial score (nSPS) is 20.9. The summed E-state index contributed by atoms with van der Waals surface area (Å²) in [4.78, 5) is 6.62. The van der Waals surface area contributed by atoms with E-state index in [9.17, 15) is 0 Å². The molecule has 0 aromatic carbocycles. The van der Waals surface area contributed by atoms with Gasteiger partial charge in [-0.15, -0.1) is 0 Å². The number of nitrogens with two attached hydrogens (primary N) is 1. The summed E-state index contributed by atoms with van der Waals surface area (Å²) in [5.41, 5.74) is 7.46. The van der Waals surface area contributed by atoms with Gasteiger partial charge < -0.3 is 5.73 Å².